The summed E-state index contributed by atoms with van der Waals surface area (Å²) in [6.07, 6.45) is 1.43. The van der Waals surface area contributed by atoms with Crippen LogP contribution in [-0.2, 0) is 4.79 Å². The van der Waals surface area contributed by atoms with Crippen molar-refractivity contribution < 1.29 is 14.6 Å². The van der Waals surface area contributed by atoms with Crippen molar-refractivity contribution in [2.45, 2.75) is 13.0 Å². The third-order valence-electron chi connectivity index (χ3n) is 4.94. The van der Waals surface area contributed by atoms with Crippen LogP contribution < -0.4 is 4.74 Å². The van der Waals surface area contributed by atoms with Gasteiger partial charge in [0.25, 0.3) is 0 Å². The molecule has 1 aliphatic rings. The van der Waals surface area contributed by atoms with Crippen molar-refractivity contribution >= 4 is 22.2 Å². The predicted octanol–water partition coefficient (Wildman–Crippen LogP) is 1.76. The number of aromatic nitrogens is 3. The van der Waals surface area contributed by atoms with Gasteiger partial charge < -0.3 is 14.7 Å². The van der Waals surface area contributed by atoms with Gasteiger partial charge in [-0.05, 0) is 17.7 Å². The van der Waals surface area contributed by atoms with Gasteiger partial charge >= 0.3 is 0 Å². The number of rotatable bonds is 4. The van der Waals surface area contributed by atoms with Gasteiger partial charge in [0.2, 0.25) is 16.7 Å². The van der Waals surface area contributed by atoms with E-state index >= 15 is 0 Å². The Morgan fingerprint density at radius 1 is 1.22 bits per heavy atom. The van der Waals surface area contributed by atoms with Crippen LogP contribution in [0.3, 0.4) is 0 Å². The minimum atomic E-state index is -0.140. The van der Waals surface area contributed by atoms with E-state index in [4.69, 9.17) is 4.74 Å². The third-order valence-corrected chi connectivity index (χ3v) is 6.03. The number of hydrogen-bond donors (Lipinski definition) is 1. The quantitative estimate of drug-likeness (QED) is 0.735. The summed E-state index contributed by atoms with van der Waals surface area (Å²) in [5.74, 6) is 0.991. The largest absolute Gasteiger partial charge is 0.497 e. The number of fused-ring (bicyclic) bond motifs is 1. The number of carbonyl (C=O) groups excluding carboxylic acids is 1. The lowest BCUT2D eigenvalue weighted by molar-refractivity contribution is -0.130. The molecular formula is C18H21N5O3S. The minimum Gasteiger partial charge on any atom is -0.497 e. The molecule has 1 N–H and O–H groups in total. The van der Waals surface area contributed by atoms with Gasteiger partial charge in [-0.2, -0.15) is 9.61 Å². The first-order chi connectivity index (χ1) is 13.1. The SMILES string of the molecule is COc1ccc(C(c2sc3ncnn3c2O)N2CCN(C(C)=O)CC2)cc1. The predicted molar refractivity (Wildman–Crippen MR) is 101 cm³/mol. The Morgan fingerprint density at radius 3 is 2.52 bits per heavy atom. The van der Waals surface area contributed by atoms with Crippen LogP contribution in [0.4, 0.5) is 0 Å². The van der Waals surface area contributed by atoms with E-state index < -0.39 is 0 Å². The molecule has 1 atom stereocenters. The van der Waals surface area contributed by atoms with Crippen LogP contribution in [0.2, 0.25) is 0 Å². The number of nitrogens with zero attached hydrogens (tertiary/aromatic N) is 5. The lowest BCUT2D eigenvalue weighted by Crippen LogP contribution is -2.49. The number of benzene rings is 1. The summed E-state index contributed by atoms with van der Waals surface area (Å²) in [6, 6.07) is 7.72. The first kappa shape index (κ1) is 17.7. The van der Waals surface area contributed by atoms with Crippen molar-refractivity contribution in [1.82, 2.24) is 24.4 Å². The van der Waals surface area contributed by atoms with E-state index in [1.165, 1.54) is 22.2 Å². The number of hydrogen-bond acceptors (Lipinski definition) is 7. The lowest BCUT2D eigenvalue weighted by atomic mass is 10.0. The van der Waals surface area contributed by atoms with Crippen molar-refractivity contribution in [2.24, 2.45) is 0 Å². The van der Waals surface area contributed by atoms with E-state index in [1.807, 2.05) is 29.2 Å². The number of piperazine rings is 1. The summed E-state index contributed by atoms with van der Waals surface area (Å²) in [5, 5.41) is 14.8. The Morgan fingerprint density at radius 2 is 1.93 bits per heavy atom. The summed E-state index contributed by atoms with van der Waals surface area (Å²) in [7, 11) is 1.64. The molecule has 0 bridgehead atoms. The second kappa shape index (κ2) is 7.16. The van der Waals surface area contributed by atoms with E-state index in [9.17, 15) is 9.90 Å². The number of thiazole rings is 1. The molecule has 0 radical (unpaired) electrons. The molecule has 1 fully saturated rings. The molecule has 8 nitrogen and oxygen atoms in total. The smallest absolute Gasteiger partial charge is 0.230 e. The zero-order valence-corrected chi connectivity index (χ0v) is 16.0. The van der Waals surface area contributed by atoms with E-state index in [1.54, 1.807) is 14.0 Å². The summed E-state index contributed by atoms with van der Waals surface area (Å²) >= 11 is 1.43. The Balaban J connectivity index is 1.72. The van der Waals surface area contributed by atoms with Gasteiger partial charge in [-0.1, -0.05) is 23.5 Å². The van der Waals surface area contributed by atoms with Crippen molar-refractivity contribution in [1.29, 1.82) is 0 Å². The van der Waals surface area contributed by atoms with Gasteiger partial charge in [-0.15, -0.1) is 0 Å². The number of aromatic hydroxyl groups is 1. The number of methoxy groups -OCH3 is 1. The molecule has 2 aromatic heterocycles. The van der Waals surface area contributed by atoms with Crippen molar-refractivity contribution in [3.8, 4) is 11.6 Å². The molecular weight excluding hydrogens is 366 g/mol. The number of carbonyl (C=O) groups is 1. The van der Waals surface area contributed by atoms with Crippen LogP contribution in [0.5, 0.6) is 11.6 Å². The first-order valence-corrected chi connectivity index (χ1v) is 9.55. The van der Waals surface area contributed by atoms with Crippen LogP contribution in [-0.4, -0.2) is 68.7 Å². The molecule has 9 heteroatoms. The Labute approximate surface area is 160 Å². The molecule has 1 aliphatic heterocycles. The van der Waals surface area contributed by atoms with Gasteiger partial charge in [0.05, 0.1) is 18.0 Å². The molecule has 1 aromatic carbocycles. The minimum absolute atomic E-state index is 0.0947. The molecule has 1 unspecified atom stereocenters. The van der Waals surface area contributed by atoms with Gasteiger partial charge in [0.1, 0.15) is 12.1 Å². The maximum absolute atomic E-state index is 11.7. The van der Waals surface area contributed by atoms with Crippen LogP contribution in [0.25, 0.3) is 4.96 Å². The summed E-state index contributed by atoms with van der Waals surface area (Å²) in [5.41, 5.74) is 1.05. The highest BCUT2D eigenvalue weighted by atomic mass is 32.1. The fourth-order valence-electron chi connectivity index (χ4n) is 3.48. The molecule has 27 heavy (non-hydrogen) atoms. The lowest BCUT2D eigenvalue weighted by Gasteiger charge is -2.38. The normalized spacial score (nSPS) is 16.6. The van der Waals surface area contributed by atoms with Gasteiger partial charge in [0.15, 0.2) is 0 Å². The van der Waals surface area contributed by atoms with Crippen molar-refractivity contribution in [3.63, 3.8) is 0 Å². The average Bonchev–Trinajstić information content (AvgIpc) is 3.27. The number of amides is 1. The summed E-state index contributed by atoms with van der Waals surface area (Å²) < 4.78 is 6.73. The molecule has 0 aliphatic carbocycles. The highest BCUT2D eigenvalue weighted by molar-refractivity contribution is 7.17. The van der Waals surface area contributed by atoms with E-state index in [0.717, 1.165) is 29.3 Å². The second-order valence-electron chi connectivity index (χ2n) is 6.46. The second-order valence-corrected chi connectivity index (χ2v) is 7.47. The van der Waals surface area contributed by atoms with Gasteiger partial charge in [-0.25, -0.2) is 4.98 Å². The van der Waals surface area contributed by atoms with E-state index in [-0.39, 0.29) is 17.8 Å². The zero-order chi connectivity index (χ0) is 19.0. The fraction of sp³-hybridized carbons (Fsp3) is 0.389. The van der Waals surface area contributed by atoms with Crippen LogP contribution in [0, 0.1) is 0 Å². The number of ether oxygens (including phenoxy) is 1. The topological polar surface area (TPSA) is 83.2 Å². The van der Waals surface area contributed by atoms with Crippen LogP contribution in [0.1, 0.15) is 23.4 Å². The molecule has 142 valence electrons. The molecule has 3 aromatic rings. The molecule has 3 heterocycles. The Kier molecular flexibility index (Phi) is 4.71. The zero-order valence-electron chi connectivity index (χ0n) is 15.2. The standard InChI is InChI=1S/C18H21N5O3S/c1-12(24)21-7-9-22(10-8-21)15(13-3-5-14(26-2)6-4-13)16-17(25)23-18(27-16)19-11-20-23/h3-6,11,15,25H,7-10H2,1-2H3. The summed E-state index contributed by atoms with van der Waals surface area (Å²) in [6.45, 7) is 4.39. The maximum atomic E-state index is 11.7. The molecule has 0 spiro atoms. The van der Waals surface area contributed by atoms with Gasteiger partial charge in [-0.3, -0.25) is 9.69 Å². The highest BCUT2D eigenvalue weighted by Gasteiger charge is 2.31. The molecule has 1 saturated heterocycles. The Hall–Kier alpha value is -2.65. The summed E-state index contributed by atoms with van der Waals surface area (Å²) in [4.78, 5) is 21.5. The van der Waals surface area contributed by atoms with E-state index in [0.29, 0.717) is 18.1 Å². The van der Waals surface area contributed by atoms with Crippen LogP contribution in [0.15, 0.2) is 30.6 Å². The van der Waals surface area contributed by atoms with Crippen molar-refractivity contribution in [3.05, 3.63) is 41.0 Å². The Bertz CT molecular complexity index is 944. The highest BCUT2D eigenvalue weighted by Crippen LogP contribution is 2.40. The molecule has 0 saturated carbocycles. The fourth-order valence-corrected chi connectivity index (χ4v) is 4.57. The third kappa shape index (κ3) is 3.24. The monoisotopic (exact) mass is 387 g/mol. The van der Waals surface area contributed by atoms with E-state index in [2.05, 4.69) is 15.0 Å². The van der Waals surface area contributed by atoms with Crippen molar-refractivity contribution in [2.75, 3.05) is 33.3 Å². The maximum Gasteiger partial charge on any atom is 0.230 e. The molecule has 1 amide bonds. The van der Waals surface area contributed by atoms with Crippen LogP contribution >= 0.6 is 11.3 Å². The first-order valence-electron chi connectivity index (χ1n) is 8.73. The average molecular weight is 387 g/mol. The molecule has 4 rings (SSSR count). The van der Waals surface area contributed by atoms with Gasteiger partial charge in [0, 0.05) is 33.1 Å².